The zero-order valence-corrected chi connectivity index (χ0v) is 12.0. The van der Waals surface area contributed by atoms with Crippen LogP contribution in [0, 0.1) is 5.41 Å². The van der Waals surface area contributed by atoms with Crippen molar-refractivity contribution in [3.8, 4) is 0 Å². The molecule has 4 nitrogen and oxygen atoms in total. The first-order valence-corrected chi connectivity index (χ1v) is 7.97. The second kappa shape index (κ2) is 7.11. The molecule has 0 atom stereocenters. The van der Waals surface area contributed by atoms with Crippen molar-refractivity contribution in [2.24, 2.45) is 11.1 Å². The quantitative estimate of drug-likeness (QED) is 0.684. The van der Waals surface area contributed by atoms with Gasteiger partial charge >= 0.3 is 0 Å². The molecule has 17 heavy (non-hydrogen) atoms. The van der Waals surface area contributed by atoms with Gasteiger partial charge in [0.05, 0.1) is 5.75 Å². The molecule has 0 aromatic carbocycles. The van der Waals surface area contributed by atoms with Crippen LogP contribution in [0.25, 0.3) is 0 Å². The molecule has 0 aromatic heterocycles. The van der Waals surface area contributed by atoms with E-state index >= 15 is 0 Å². The number of hydrogen-bond donors (Lipinski definition) is 1. The minimum absolute atomic E-state index is 0.0142. The number of Topliss-reactive ketones (excluding diaryl/α,β-unsaturated/α-hetero) is 1. The Balaban J connectivity index is 3.97. The predicted molar refractivity (Wildman–Crippen MR) is 70.6 cm³/mol. The van der Waals surface area contributed by atoms with Gasteiger partial charge in [0.2, 0.25) is 0 Å². The van der Waals surface area contributed by atoms with E-state index in [1.807, 2.05) is 0 Å². The smallest absolute Gasteiger partial charge is 0.150 e. The first-order valence-electron chi connectivity index (χ1n) is 6.14. The summed E-state index contributed by atoms with van der Waals surface area (Å²) < 4.78 is 22.5. The third-order valence-corrected chi connectivity index (χ3v) is 4.74. The van der Waals surface area contributed by atoms with Gasteiger partial charge < -0.3 is 5.73 Å². The number of ketones is 1. The Morgan fingerprint density at radius 3 is 2.24 bits per heavy atom. The fourth-order valence-corrected chi connectivity index (χ4v) is 2.36. The van der Waals surface area contributed by atoms with Gasteiger partial charge in [-0.05, 0) is 24.8 Å². The molecule has 0 aliphatic heterocycles. The molecule has 102 valence electrons. The second-order valence-electron chi connectivity index (χ2n) is 5.23. The molecule has 0 bridgehead atoms. The van der Waals surface area contributed by atoms with Gasteiger partial charge in [-0.15, -0.1) is 0 Å². The molecule has 0 spiro atoms. The van der Waals surface area contributed by atoms with Gasteiger partial charge in [0.15, 0.2) is 0 Å². The average Bonchev–Trinajstić information content (AvgIpc) is 2.24. The van der Waals surface area contributed by atoms with E-state index in [0.717, 1.165) is 12.8 Å². The van der Waals surface area contributed by atoms with Gasteiger partial charge in [-0.3, -0.25) is 4.79 Å². The number of sulfone groups is 1. The lowest BCUT2D eigenvalue weighted by molar-refractivity contribution is -0.119. The van der Waals surface area contributed by atoms with Crippen LogP contribution in [0.3, 0.4) is 0 Å². The second-order valence-corrected chi connectivity index (χ2v) is 7.70. The lowest BCUT2D eigenvalue weighted by Gasteiger charge is -2.23. The minimum atomic E-state index is -3.02. The first-order chi connectivity index (χ1) is 7.72. The SMILES string of the molecule is CCS(=O)(=O)CCC(=O)CCC(C)(C)CCN. The Labute approximate surface area is 105 Å². The standard InChI is InChI=1S/C12H25NO3S/c1-4-17(15,16)10-6-11(14)5-7-12(2,3)8-9-13/h4-10,13H2,1-3H3. The van der Waals surface area contributed by atoms with Crippen LogP contribution in [-0.2, 0) is 14.6 Å². The lowest BCUT2D eigenvalue weighted by Crippen LogP contribution is -2.19. The molecule has 0 unspecified atom stereocenters. The molecule has 0 heterocycles. The summed E-state index contributed by atoms with van der Waals surface area (Å²) in [5, 5.41) is 0. The highest BCUT2D eigenvalue weighted by atomic mass is 32.2. The van der Waals surface area contributed by atoms with Crippen molar-refractivity contribution in [2.75, 3.05) is 18.1 Å². The zero-order chi connectivity index (χ0) is 13.5. The fourth-order valence-electron chi connectivity index (χ4n) is 1.53. The Kier molecular flexibility index (Phi) is 6.94. The molecule has 0 amide bonds. The van der Waals surface area contributed by atoms with Crippen molar-refractivity contribution >= 4 is 15.6 Å². The summed E-state index contributed by atoms with van der Waals surface area (Å²) in [6.45, 7) is 6.38. The van der Waals surface area contributed by atoms with Gasteiger partial charge in [0.25, 0.3) is 0 Å². The zero-order valence-electron chi connectivity index (χ0n) is 11.2. The van der Waals surface area contributed by atoms with E-state index in [1.54, 1.807) is 6.92 Å². The molecule has 0 aliphatic carbocycles. The Morgan fingerprint density at radius 1 is 1.18 bits per heavy atom. The highest BCUT2D eigenvalue weighted by molar-refractivity contribution is 7.91. The summed E-state index contributed by atoms with van der Waals surface area (Å²) in [6, 6.07) is 0. The van der Waals surface area contributed by atoms with E-state index in [9.17, 15) is 13.2 Å². The maximum Gasteiger partial charge on any atom is 0.150 e. The van der Waals surface area contributed by atoms with Crippen molar-refractivity contribution in [3.05, 3.63) is 0 Å². The van der Waals surface area contributed by atoms with E-state index in [1.165, 1.54) is 0 Å². The van der Waals surface area contributed by atoms with E-state index in [-0.39, 0.29) is 29.1 Å². The summed E-state index contributed by atoms with van der Waals surface area (Å²) in [5.74, 6) is 0.130. The topological polar surface area (TPSA) is 77.2 Å². The van der Waals surface area contributed by atoms with E-state index < -0.39 is 9.84 Å². The summed E-state index contributed by atoms with van der Waals surface area (Å²) in [7, 11) is -3.02. The molecule has 0 aromatic rings. The van der Waals surface area contributed by atoms with Crippen LogP contribution in [0.2, 0.25) is 0 Å². The van der Waals surface area contributed by atoms with Crippen molar-refractivity contribution in [3.63, 3.8) is 0 Å². The molecular formula is C12H25NO3S. The fraction of sp³-hybridized carbons (Fsp3) is 0.917. The maximum absolute atomic E-state index is 11.6. The van der Waals surface area contributed by atoms with Crippen LogP contribution in [0.1, 0.15) is 46.5 Å². The minimum Gasteiger partial charge on any atom is -0.330 e. The van der Waals surface area contributed by atoms with Crippen molar-refractivity contribution < 1.29 is 13.2 Å². The number of rotatable bonds is 9. The molecule has 0 rings (SSSR count). The molecule has 2 N–H and O–H groups in total. The molecule has 0 radical (unpaired) electrons. The summed E-state index contributed by atoms with van der Waals surface area (Å²) in [4.78, 5) is 11.6. The van der Waals surface area contributed by atoms with Crippen molar-refractivity contribution in [1.82, 2.24) is 0 Å². The van der Waals surface area contributed by atoms with Crippen LogP contribution in [0.4, 0.5) is 0 Å². The van der Waals surface area contributed by atoms with Crippen LogP contribution in [0.5, 0.6) is 0 Å². The molecule has 5 heteroatoms. The van der Waals surface area contributed by atoms with Crippen LogP contribution < -0.4 is 5.73 Å². The Bertz CT molecular complexity index is 334. The van der Waals surface area contributed by atoms with Gasteiger partial charge in [-0.25, -0.2) is 8.42 Å². The Morgan fingerprint density at radius 2 is 1.76 bits per heavy atom. The third-order valence-electron chi connectivity index (χ3n) is 3.03. The number of nitrogens with two attached hydrogens (primary N) is 1. The van der Waals surface area contributed by atoms with Crippen molar-refractivity contribution in [2.45, 2.75) is 46.5 Å². The monoisotopic (exact) mass is 263 g/mol. The van der Waals surface area contributed by atoms with Gasteiger partial charge in [-0.2, -0.15) is 0 Å². The van der Waals surface area contributed by atoms with Gasteiger partial charge in [0.1, 0.15) is 15.6 Å². The van der Waals surface area contributed by atoms with E-state index in [2.05, 4.69) is 13.8 Å². The average molecular weight is 263 g/mol. The summed E-state index contributed by atoms with van der Waals surface area (Å²) in [5.41, 5.74) is 5.55. The molecule has 0 fully saturated rings. The number of hydrogen-bond acceptors (Lipinski definition) is 4. The molecular weight excluding hydrogens is 238 g/mol. The van der Waals surface area contributed by atoms with E-state index in [4.69, 9.17) is 5.73 Å². The highest BCUT2D eigenvalue weighted by Crippen LogP contribution is 2.26. The predicted octanol–water partition coefficient (Wildman–Crippen LogP) is 1.54. The normalized spacial score (nSPS) is 12.7. The van der Waals surface area contributed by atoms with Crippen LogP contribution in [0.15, 0.2) is 0 Å². The maximum atomic E-state index is 11.6. The Hall–Kier alpha value is -0.420. The van der Waals surface area contributed by atoms with Crippen molar-refractivity contribution in [1.29, 1.82) is 0 Å². The summed E-state index contributed by atoms with van der Waals surface area (Å²) >= 11 is 0. The van der Waals surface area contributed by atoms with Gasteiger partial charge in [-0.1, -0.05) is 20.8 Å². The highest BCUT2D eigenvalue weighted by Gasteiger charge is 2.19. The van der Waals surface area contributed by atoms with E-state index in [0.29, 0.717) is 13.0 Å². The largest absolute Gasteiger partial charge is 0.330 e. The van der Waals surface area contributed by atoms with Crippen LogP contribution in [-0.4, -0.2) is 32.3 Å². The van der Waals surface area contributed by atoms with Gasteiger partial charge in [0, 0.05) is 18.6 Å². The lowest BCUT2D eigenvalue weighted by atomic mass is 9.83. The van der Waals surface area contributed by atoms with Crippen LogP contribution >= 0.6 is 0 Å². The molecule has 0 saturated heterocycles. The molecule has 0 aliphatic rings. The first kappa shape index (κ1) is 16.6. The summed E-state index contributed by atoms with van der Waals surface area (Å²) in [6.07, 6.45) is 2.25. The number of carbonyl (C=O) groups is 1. The molecule has 0 saturated carbocycles. The third kappa shape index (κ3) is 8.32. The number of carbonyl (C=O) groups excluding carboxylic acids is 1.